The van der Waals surface area contributed by atoms with E-state index in [-0.39, 0.29) is 6.03 Å². The Hall–Kier alpha value is -0.810. The average molecular weight is 201 g/mol. The minimum absolute atomic E-state index is 0.213. The Labute approximate surface area is 84.5 Å². The quantitative estimate of drug-likeness (QED) is 0.570. The van der Waals surface area contributed by atoms with E-state index in [0.29, 0.717) is 19.6 Å². The highest BCUT2D eigenvalue weighted by Crippen LogP contribution is 2.18. The fourth-order valence-corrected chi connectivity index (χ4v) is 1.67. The first-order valence-electron chi connectivity index (χ1n) is 4.98. The molecule has 1 aliphatic rings. The van der Waals surface area contributed by atoms with Gasteiger partial charge in [-0.3, -0.25) is 0 Å². The molecule has 3 N–H and O–H groups in total. The zero-order chi connectivity index (χ0) is 10.6. The molecule has 5 nitrogen and oxygen atoms in total. The van der Waals surface area contributed by atoms with Gasteiger partial charge in [-0.1, -0.05) is 0 Å². The van der Waals surface area contributed by atoms with Gasteiger partial charge in [-0.15, -0.1) is 0 Å². The van der Waals surface area contributed by atoms with Crippen molar-refractivity contribution in [2.45, 2.75) is 18.9 Å². The van der Waals surface area contributed by atoms with E-state index in [0.717, 1.165) is 13.0 Å². The van der Waals surface area contributed by atoms with Crippen LogP contribution in [0.5, 0.6) is 0 Å². The van der Waals surface area contributed by atoms with Gasteiger partial charge in [-0.25, -0.2) is 4.79 Å². The number of likely N-dealkylation sites (N-methyl/N-ethyl adjacent to an activating group) is 1. The summed E-state index contributed by atoms with van der Waals surface area (Å²) in [7, 11) is 1.96. The van der Waals surface area contributed by atoms with E-state index in [1.165, 1.54) is 0 Å². The lowest BCUT2D eigenvalue weighted by Crippen LogP contribution is -2.47. The van der Waals surface area contributed by atoms with Crippen LogP contribution in [0.25, 0.3) is 0 Å². The Bertz CT molecular complexity index is 210. The summed E-state index contributed by atoms with van der Waals surface area (Å²) in [6, 6.07) is -0.213. The molecule has 1 aliphatic heterocycles. The molecule has 1 rings (SSSR count). The smallest absolute Gasteiger partial charge is 0.314 e. The standard InChI is InChI=1S/C9H19N3O2/c1-3-10-8(13)11-6-9(14)4-5-12(2)7-9/h14H,3-7H2,1-2H3,(H2,10,11,13). The summed E-state index contributed by atoms with van der Waals surface area (Å²) < 4.78 is 0. The number of nitrogens with one attached hydrogen (secondary N) is 2. The van der Waals surface area contributed by atoms with Crippen molar-refractivity contribution in [3.63, 3.8) is 0 Å². The number of hydrogen-bond acceptors (Lipinski definition) is 3. The van der Waals surface area contributed by atoms with Crippen LogP contribution in [0.3, 0.4) is 0 Å². The second-order valence-corrected chi connectivity index (χ2v) is 3.93. The van der Waals surface area contributed by atoms with Crippen LogP contribution >= 0.6 is 0 Å². The molecule has 14 heavy (non-hydrogen) atoms. The predicted octanol–water partition coefficient (Wildman–Crippen LogP) is -0.628. The first kappa shape index (κ1) is 11.3. The summed E-state index contributed by atoms with van der Waals surface area (Å²) >= 11 is 0. The molecule has 1 heterocycles. The molecule has 0 spiro atoms. The molecule has 1 unspecified atom stereocenters. The fourth-order valence-electron chi connectivity index (χ4n) is 1.67. The van der Waals surface area contributed by atoms with Gasteiger partial charge in [0.05, 0.1) is 5.60 Å². The van der Waals surface area contributed by atoms with Crippen LogP contribution in [0.1, 0.15) is 13.3 Å². The maximum absolute atomic E-state index is 11.1. The van der Waals surface area contributed by atoms with E-state index in [9.17, 15) is 9.90 Å². The fraction of sp³-hybridized carbons (Fsp3) is 0.889. The maximum Gasteiger partial charge on any atom is 0.314 e. The summed E-state index contributed by atoms with van der Waals surface area (Å²) in [5.41, 5.74) is -0.750. The zero-order valence-electron chi connectivity index (χ0n) is 8.84. The van der Waals surface area contributed by atoms with E-state index in [1.54, 1.807) is 0 Å². The molecule has 1 fully saturated rings. The van der Waals surface area contributed by atoms with Crippen molar-refractivity contribution in [2.24, 2.45) is 0 Å². The van der Waals surface area contributed by atoms with Crippen LogP contribution < -0.4 is 10.6 Å². The molecule has 0 radical (unpaired) electrons. The number of nitrogens with zero attached hydrogens (tertiary/aromatic N) is 1. The van der Waals surface area contributed by atoms with E-state index in [2.05, 4.69) is 15.5 Å². The number of β-amino-alcohol motifs (C(OH)–C–C–N with tert-alkyl or cyclic N) is 1. The summed E-state index contributed by atoms with van der Waals surface area (Å²) in [6.07, 6.45) is 0.718. The molecule has 0 aliphatic carbocycles. The number of urea groups is 1. The highest BCUT2D eigenvalue weighted by molar-refractivity contribution is 5.73. The monoisotopic (exact) mass is 201 g/mol. The average Bonchev–Trinajstić information content (AvgIpc) is 2.45. The largest absolute Gasteiger partial charge is 0.387 e. The summed E-state index contributed by atoms with van der Waals surface area (Å²) in [5, 5.41) is 15.3. The Kier molecular flexibility index (Phi) is 3.71. The van der Waals surface area contributed by atoms with Gasteiger partial charge in [0.25, 0.3) is 0 Å². The molecule has 0 aromatic carbocycles. The number of aliphatic hydroxyl groups is 1. The summed E-state index contributed by atoms with van der Waals surface area (Å²) in [5.74, 6) is 0. The first-order valence-corrected chi connectivity index (χ1v) is 4.98. The number of carbonyl (C=O) groups is 1. The first-order chi connectivity index (χ1) is 6.56. The molecule has 0 bridgehead atoms. The minimum atomic E-state index is -0.750. The lowest BCUT2D eigenvalue weighted by molar-refractivity contribution is 0.0541. The van der Waals surface area contributed by atoms with E-state index < -0.39 is 5.60 Å². The maximum atomic E-state index is 11.1. The van der Waals surface area contributed by atoms with Crippen molar-refractivity contribution in [3.8, 4) is 0 Å². The highest BCUT2D eigenvalue weighted by atomic mass is 16.3. The van der Waals surface area contributed by atoms with Crippen molar-refractivity contribution < 1.29 is 9.90 Å². The van der Waals surface area contributed by atoms with Gasteiger partial charge >= 0.3 is 6.03 Å². The summed E-state index contributed by atoms with van der Waals surface area (Å²) in [4.78, 5) is 13.1. The van der Waals surface area contributed by atoms with E-state index >= 15 is 0 Å². The third-order valence-electron chi connectivity index (χ3n) is 2.44. The molecule has 0 aromatic rings. The highest BCUT2D eigenvalue weighted by Gasteiger charge is 2.34. The SMILES string of the molecule is CCNC(=O)NCC1(O)CCN(C)C1. The number of likely N-dealkylation sites (tertiary alicyclic amines) is 1. The van der Waals surface area contributed by atoms with Crippen LogP contribution in [0, 0.1) is 0 Å². The Morgan fingerprint density at radius 2 is 2.29 bits per heavy atom. The van der Waals surface area contributed by atoms with Gasteiger partial charge < -0.3 is 20.6 Å². The summed E-state index contributed by atoms with van der Waals surface area (Å²) in [6.45, 7) is 4.29. The zero-order valence-corrected chi connectivity index (χ0v) is 8.84. The minimum Gasteiger partial charge on any atom is -0.387 e. The van der Waals surface area contributed by atoms with Crippen molar-refractivity contribution in [1.29, 1.82) is 0 Å². The molecular weight excluding hydrogens is 182 g/mol. The number of amides is 2. The van der Waals surface area contributed by atoms with Crippen molar-refractivity contribution in [2.75, 3.05) is 33.2 Å². The molecule has 2 amide bonds. The Morgan fingerprint density at radius 3 is 2.79 bits per heavy atom. The lowest BCUT2D eigenvalue weighted by Gasteiger charge is -2.22. The van der Waals surface area contributed by atoms with Crippen LogP contribution in [0.4, 0.5) is 4.79 Å². The van der Waals surface area contributed by atoms with Gasteiger partial charge in [0, 0.05) is 26.2 Å². The molecule has 82 valence electrons. The third-order valence-corrected chi connectivity index (χ3v) is 2.44. The molecule has 0 aromatic heterocycles. The normalized spacial score (nSPS) is 27.6. The van der Waals surface area contributed by atoms with Crippen LogP contribution in [0.2, 0.25) is 0 Å². The van der Waals surface area contributed by atoms with E-state index in [1.807, 2.05) is 14.0 Å². The van der Waals surface area contributed by atoms with Crippen LogP contribution in [-0.2, 0) is 0 Å². The lowest BCUT2D eigenvalue weighted by atomic mass is 10.0. The number of rotatable bonds is 3. The molecule has 1 atom stereocenters. The van der Waals surface area contributed by atoms with Crippen molar-refractivity contribution in [1.82, 2.24) is 15.5 Å². The van der Waals surface area contributed by atoms with Gasteiger partial charge in [0.1, 0.15) is 0 Å². The molecular formula is C9H19N3O2. The Morgan fingerprint density at radius 1 is 1.57 bits per heavy atom. The number of carbonyl (C=O) groups excluding carboxylic acids is 1. The predicted molar refractivity (Wildman–Crippen MR) is 54.1 cm³/mol. The van der Waals surface area contributed by atoms with Crippen LogP contribution in [0.15, 0.2) is 0 Å². The molecule has 1 saturated heterocycles. The van der Waals surface area contributed by atoms with Gasteiger partial charge in [-0.2, -0.15) is 0 Å². The van der Waals surface area contributed by atoms with Crippen molar-refractivity contribution >= 4 is 6.03 Å². The van der Waals surface area contributed by atoms with E-state index in [4.69, 9.17) is 0 Å². The second kappa shape index (κ2) is 4.61. The third kappa shape index (κ3) is 3.16. The topological polar surface area (TPSA) is 64.6 Å². The Balaban J connectivity index is 2.27. The van der Waals surface area contributed by atoms with Crippen LogP contribution in [-0.4, -0.2) is 54.9 Å². The van der Waals surface area contributed by atoms with Gasteiger partial charge in [0.15, 0.2) is 0 Å². The van der Waals surface area contributed by atoms with Gasteiger partial charge in [-0.05, 0) is 20.4 Å². The second-order valence-electron chi connectivity index (χ2n) is 3.93. The van der Waals surface area contributed by atoms with Crippen molar-refractivity contribution in [3.05, 3.63) is 0 Å². The van der Waals surface area contributed by atoms with Gasteiger partial charge in [0.2, 0.25) is 0 Å². The molecule has 5 heteroatoms. The molecule has 0 saturated carbocycles. The number of hydrogen-bond donors (Lipinski definition) is 3.